The zero-order valence-electron chi connectivity index (χ0n) is 16.8. The number of aliphatic imine (C=N–C) groups is 1. The zero-order valence-corrected chi connectivity index (χ0v) is 17.6. The van der Waals surface area contributed by atoms with Crippen LogP contribution in [0.1, 0.15) is 30.9 Å². The van der Waals surface area contributed by atoms with Gasteiger partial charge in [0.15, 0.2) is 5.96 Å². The normalized spacial score (nSPS) is 17.0. The maximum atomic E-state index is 11.6. The summed E-state index contributed by atoms with van der Waals surface area (Å²) < 4.78 is 30.2. The minimum absolute atomic E-state index is 0.445. The van der Waals surface area contributed by atoms with Crippen molar-refractivity contribution in [1.82, 2.24) is 14.9 Å². The van der Waals surface area contributed by atoms with E-state index >= 15 is 0 Å². The Kier molecular flexibility index (Phi) is 7.91. The van der Waals surface area contributed by atoms with Gasteiger partial charge in [0.25, 0.3) is 0 Å². The fourth-order valence-corrected chi connectivity index (χ4v) is 4.05. The quantitative estimate of drug-likeness (QED) is 0.542. The molecule has 152 valence electrons. The van der Waals surface area contributed by atoms with Crippen LogP contribution in [-0.4, -0.2) is 58.2 Å². The lowest BCUT2D eigenvalue weighted by Crippen LogP contribution is -2.44. The molecule has 1 aliphatic heterocycles. The zero-order chi connectivity index (χ0) is 19.9. The number of sulfonamides is 1. The second-order valence-electron chi connectivity index (χ2n) is 7.00. The van der Waals surface area contributed by atoms with E-state index in [9.17, 15) is 8.42 Å². The summed E-state index contributed by atoms with van der Waals surface area (Å²) in [6, 6.07) is 6.12. The van der Waals surface area contributed by atoms with Crippen LogP contribution < -0.4 is 15.4 Å². The Morgan fingerprint density at radius 2 is 2.00 bits per heavy atom. The van der Waals surface area contributed by atoms with Gasteiger partial charge in [-0.15, -0.1) is 0 Å². The highest BCUT2D eigenvalue weighted by Gasteiger charge is 2.24. The third-order valence-corrected chi connectivity index (χ3v) is 6.10. The van der Waals surface area contributed by atoms with Crippen LogP contribution in [0.3, 0.4) is 0 Å². The van der Waals surface area contributed by atoms with E-state index in [0.717, 1.165) is 48.8 Å². The Hall–Kier alpha value is -1.80. The molecule has 0 atom stereocenters. The first-order chi connectivity index (χ1) is 12.8. The number of nitrogens with one attached hydrogen (secondary N) is 2. The second kappa shape index (κ2) is 9.94. The van der Waals surface area contributed by atoms with Crippen LogP contribution in [0, 0.1) is 12.8 Å². The molecule has 0 unspecified atom stereocenters. The SMILES string of the molecule is CCNC(=NCc1ccc(C)cc1OC)NCC1CCN(S(C)(=O)=O)CC1. The predicted octanol–water partition coefficient (Wildman–Crippen LogP) is 1.73. The third-order valence-electron chi connectivity index (χ3n) is 4.80. The average Bonchev–Trinajstić information content (AvgIpc) is 2.64. The van der Waals surface area contributed by atoms with Crippen LogP contribution in [0.25, 0.3) is 0 Å². The average molecular weight is 397 g/mol. The first kappa shape index (κ1) is 21.5. The molecule has 27 heavy (non-hydrogen) atoms. The van der Waals surface area contributed by atoms with Crippen molar-refractivity contribution in [2.45, 2.75) is 33.2 Å². The van der Waals surface area contributed by atoms with Gasteiger partial charge in [-0.3, -0.25) is 0 Å². The van der Waals surface area contributed by atoms with Crippen molar-refractivity contribution >= 4 is 16.0 Å². The Bertz CT molecular complexity index is 741. The second-order valence-corrected chi connectivity index (χ2v) is 8.98. The lowest BCUT2D eigenvalue weighted by Gasteiger charge is -2.30. The number of nitrogens with zero attached hydrogens (tertiary/aromatic N) is 2. The fourth-order valence-electron chi connectivity index (χ4n) is 3.17. The number of hydrogen-bond acceptors (Lipinski definition) is 4. The van der Waals surface area contributed by atoms with Gasteiger partial charge in [0, 0.05) is 31.7 Å². The largest absolute Gasteiger partial charge is 0.496 e. The molecule has 1 aromatic rings. The molecule has 0 saturated carbocycles. The predicted molar refractivity (Wildman–Crippen MR) is 110 cm³/mol. The number of aryl methyl sites for hydroxylation is 1. The summed E-state index contributed by atoms with van der Waals surface area (Å²) in [5, 5.41) is 6.66. The number of guanidine groups is 1. The van der Waals surface area contributed by atoms with E-state index in [0.29, 0.717) is 25.6 Å². The van der Waals surface area contributed by atoms with Gasteiger partial charge in [-0.2, -0.15) is 0 Å². The molecule has 2 N–H and O–H groups in total. The minimum Gasteiger partial charge on any atom is -0.496 e. The van der Waals surface area contributed by atoms with E-state index in [2.05, 4.69) is 21.7 Å². The molecule has 8 heteroatoms. The molecule has 2 rings (SSSR count). The smallest absolute Gasteiger partial charge is 0.211 e. The summed E-state index contributed by atoms with van der Waals surface area (Å²) in [4.78, 5) is 4.67. The topological polar surface area (TPSA) is 83.0 Å². The highest BCUT2D eigenvalue weighted by molar-refractivity contribution is 7.88. The molecule has 0 spiro atoms. The maximum absolute atomic E-state index is 11.6. The standard InChI is InChI=1S/C19H32N4O3S/c1-5-20-19(22-14-17-7-6-15(2)12-18(17)26-3)21-13-16-8-10-23(11-9-16)27(4,24)25/h6-7,12,16H,5,8-11,13-14H2,1-4H3,(H2,20,21,22). The molecule has 1 saturated heterocycles. The van der Waals surface area contributed by atoms with E-state index in [1.165, 1.54) is 6.26 Å². The van der Waals surface area contributed by atoms with Gasteiger partial charge in [0.05, 0.1) is 19.9 Å². The number of methoxy groups -OCH3 is 1. The minimum atomic E-state index is -3.07. The van der Waals surface area contributed by atoms with Crippen LogP contribution in [0.5, 0.6) is 5.75 Å². The van der Waals surface area contributed by atoms with Crippen molar-refractivity contribution in [1.29, 1.82) is 0 Å². The summed E-state index contributed by atoms with van der Waals surface area (Å²) in [5.74, 6) is 2.06. The summed E-state index contributed by atoms with van der Waals surface area (Å²) >= 11 is 0. The van der Waals surface area contributed by atoms with E-state index in [4.69, 9.17) is 4.74 Å². The van der Waals surface area contributed by atoms with Gasteiger partial charge >= 0.3 is 0 Å². The van der Waals surface area contributed by atoms with Gasteiger partial charge in [-0.25, -0.2) is 17.7 Å². The highest BCUT2D eigenvalue weighted by Crippen LogP contribution is 2.21. The van der Waals surface area contributed by atoms with E-state index in [-0.39, 0.29) is 0 Å². The summed E-state index contributed by atoms with van der Waals surface area (Å²) in [5.41, 5.74) is 2.20. The lowest BCUT2D eigenvalue weighted by molar-refractivity contribution is 0.275. The number of benzene rings is 1. The van der Waals surface area contributed by atoms with E-state index in [1.54, 1.807) is 11.4 Å². The first-order valence-electron chi connectivity index (χ1n) is 9.44. The molecular weight excluding hydrogens is 364 g/mol. The van der Waals surface area contributed by atoms with Crippen LogP contribution in [0.2, 0.25) is 0 Å². The first-order valence-corrected chi connectivity index (χ1v) is 11.3. The molecule has 7 nitrogen and oxygen atoms in total. The molecule has 1 aromatic carbocycles. The van der Waals surface area contributed by atoms with Gasteiger partial charge in [-0.05, 0) is 44.2 Å². The molecule has 0 radical (unpaired) electrons. The Balaban J connectivity index is 1.91. The number of piperidine rings is 1. The van der Waals surface area contributed by atoms with Crippen molar-refractivity contribution in [2.75, 3.05) is 39.5 Å². The summed E-state index contributed by atoms with van der Waals surface area (Å²) in [6.07, 6.45) is 3.01. The summed E-state index contributed by atoms with van der Waals surface area (Å²) in [6.45, 7) is 7.37. The lowest BCUT2D eigenvalue weighted by atomic mass is 9.98. The Labute approximate surface area is 163 Å². The number of rotatable bonds is 7. The third kappa shape index (κ3) is 6.70. The molecule has 0 aromatic heterocycles. The van der Waals surface area contributed by atoms with Crippen molar-refractivity contribution in [3.63, 3.8) is 0 Å². The van der Waals surface area contributed by atoms with Crippen molar-refractivity contribution in [3.05, 3.63) is 29.3 Å². The molecular formula is C19H32N4O3S. The molecule has 1 aliphatic rings. The van der Waals surface area contributed by atoms with Gasteiger partial charge in [0.1, 0.15) is 5.75 Å². The van der Waals surface area contributed by atoms with Gasteiger partial charge in [0.2, 0.25) is 10.0 Å². The van der Waals surface area contributed by atoms with Crippen LogP contribution in [0.4, 0.5) is 0 Å². The summed E-state index contributed by atoms with van der Waals surface area (Å²) in [7, 11) is -1.40. The molecule has 0 bridgehead atoms. The molecule has 1 heterocycles. The Morgan fingerprint density at radius 1 is 1.30 bits per heavy atom. The van der Waals surface area contributed by atoms with Crippen LogP contribution in [0.15, 0.2) is 23.2 Å². The van der Waals surface area contributed by atoms with Gasteiger partial charge < -0.3 is 15.4 Å². The van der Waals surface area contributed by atoms with E-state index < -0.39 is 10.0 Å². The van der Waals surface area contributed by atoms with Crippen molar-refractivity contribution in [3.8, 4) is 5.75 Å². The molecule has 0 aliphatic carbocycles. The number of ether oxygens (including phenoxy) is 1. The van der Waals surface area contributed by atoms with Crippen molar-refractivity contribution in [2.24, 2.45) is 10.9 Å². The van der Waals surface area contributed by atoms with Crippen LogP contribution >= 0.6 is 0 Å². The number of hydrogen-bond donors (Lipinski definition) is 2. The maximum Gasteiger partial charge on any atom is 0.211 e. The fraction of sp³-hybridized carbons (Fsp3) is 0.632. The van der Waals surface area contributed by atoms with Crippen LogP contribution in [-0.2, 0) is 16.6 Å². The molecule has 0 amide bonds. The monoisotopic (exact) mass is 396 g/mol. The highest BCUT2D eigenvalue weighted by atomic mass is 32.2. The van der Waals surface area contributed by atoms with E-state index in [1.807, 2.05) is 26.0 Å². The van der Waals surface area contributed by atoms with Gasteiger partial charge in [-0.1, -0.05) is 12.1 Å². The molecule has 1 fully saturated rings. The Morgan fingerprint density at radius 3 is 2.59 bits per heavy atom. The van der Waals surface area contributed by atoms with Crippen molar-refractivity contribution < 1.29 is 13.2 Å².